The van der Waals surface area contributed by atoms with Gasteiger partial charge in [0.1, 0.15) is 5.82 Å². The molecule has 174 valence electrons. The van der Waals surface area contributed by atoms with Gasteiger partial charge in [-0.25, -0.2) is 4.39 Å². The van der Waals surface area contributed by atoms with Crippen molar-refractivity contribution in [2.24, 2.45) is 22.9 Å². The van der Waals surface area contributed by atoms with Gasteiger partial charge in [0.25, 0.3) is 0 Å². The van der Waals surface area contributed by atoms with Crippen LogP contribution in [0.4, 0.5) is 22.2 Å². The van der Waals surface area contributed by atoms with E-state index < -0.39 is 0 Å². The van der Waals surface area contributed by atoms with Gasteiger partial charge >= 0.3 is 0 Å². The quantitative estimate of drug-likeness (QED) is 0.421. The molecule has 10 nitrogen and oxygen atoms in total. The van der Waals surface area contributed by atoms with Crippen LogP contribution in [-0.2, 0) is 0 Å². The number of halogens is 1. The first kappa shape index (κ1) is 22.6. The molecule has 0 radical (unpaired) electrons. The molecule has 0 saturated carbocycles. The zero-order valence-electron chi connectivity index (χ0n) is 18.4. The summed E-state index contributed by atoms with van der Waals surface area (Å²) in [7, 11) is 0. The maximum absolute atomic E-state index is 13.3. The Hall–Kier alpha value is -2.60. The SMILES string of the molecule is CC(Nc1nc(N2CC(N)CC(N)C2)nc(N2CC(N)CC(N)C2)n1)c1ccc(F)cc1. The van der Waals surface area contributed by atoms with Gasteiger partial charge in [-0.05, 0) is 37.5 Å². The third-order valence-corrected chi connectivity index (χ3v) is 5.92. The van der Waals surface area contributed by atoms with Gasteiger partial charge in [0.05, 0.1) is 6.04 Å². The van der Waals surface area contributed by atoms with Crippen LogP contribution in [-0.4, -0.2) is 65.3 Å². The highest BCUT2D eigenvalue weighted by molar-refractivity contribution is 5.47. The van der Waals surface area contributed by atoms with Crippen LogP contribution in [0.1, 0.15) is 31.4 Å². The maximum Gasteiger partial charge on any atom is 0.232 e. The lowest BCUT2D eigenvalue weighted by Gasteiger charge is -2.37. The van der Waals surface area contributed by atoms with E-state index in [1.165, 1.54) is 12.1 Å². The largest absolute Gasteiger partial charge is 0.348 e. The maximum atomic E-state index is 13.3. The van der Waals surface area contributed by atoms with Crippen molar-refractivity contribution >= 4 is 17.8 Å². The van der Waals surface area contributed by atoms with E-state index >= 15 is 0 Å². The number of hydrogen-bond acceptors (Lipinski definition) is 10. The van der Waals surface area contributed by atoms with Gasteiger partial charge in [0.2, 0.25) is 17.8 Å². The highest BCUT2D eigenvalue weighted by atomic mass is 19.1. The molecule has 5 atom stereocenters. The minimum Gasteiger partial charge on any atom is -0.348 e. The van der Waals surface area contributed by atoms with Crippen molar-refractivity contribution in [1.82, 2.24) is 15.0 Å². The smallest absolute Gasteiger partial charge is 0.232 e. The van der Waals surface area contributed by atoms with Crippen LogP contribution in [0.3, 0.4) is 0 Å². The number of aromatic nitrogens is 3. The summed E-state index contributed by atoms with van der Waals surface area (Å²) in [6, 6.07) is 6.00. The number of benzene rings is 1. The van der Waals surface area contributed by atoms with Gasteiger partial charge < -0.3 is 38.1 Å². The van der Waals surface area contributed by atoms with Crippen LogP contribution >= 0.6 is 0 Å². The zero-order chi connectivity index (χ0) is 22.8. The minimum absolute atomic E-state index is 0.0506. The van der Waals surface area contributed by atoms with Crippen molar-refractivity contribution in [2.45, 2.75) is 50.0 Å². The molecule has 11 heteroatoms. The number of nitrogens with one attached hydrogen (secondary N) is 1. The second-order valence-electron chi connectivity index (χ2n) is 9.00. The molecular weight excluding hydrogens is 411 g/mol. The summed E-state index contributed by atoms with van der Waals surface area (Å²) in [6.45, 7) is 4.42. The molecule has 0 spiro atoms. The van der Waals surface area contributed by atoms with Gasteiger partial charge in [0.15, 0.2) is 0 Å². The van der Waals surface area contributed by atoms with Crippen molar-refractivity contribution in [3.63, 3.8) is 0 Å². The highest BCUT2D eigenvalue weighted by Gasteiger charge is 2.29. The average molecular weight is 445 g/mol. The normalized spacial score (nSPS) is 27.3. The molecule has 2 aliphatic rings. The molecule has 2 saturated heterocycles. The van der Waals surface area contributed by atoms with Gasteiger partial charge in [0, 0.05) is 50.3 Å². The van der Waals surface area contributed by atoms with E-state index in [1.54, 1.807) is 12.1 Å². The number of rotatable bonds is 5. The molecule has 9 N–H and O–H groups in total. The van der Waals surface area contributed by atoms with Crippen molar-refractivity contribution < 1.29 is 4.39 Å². The molecule has 2 aliphatic heterocycles. The number of piperidine rings is 2. The van der Waals surface area contributed by atoms with E-state index in [9.17, 15) is 4.39 Å². The van der Waals surface area contributed by atoms with Crippen LogP contribution in [0.5, 0.6) is 0 Å². The number of nitrogens with zero attached hydrogens (tertiary/aromatic N) is 5. The summed E-state index contributed by atoms with van der Waals surface area (Å²) in [5.41, 5.74) is 25.7. The van der Waals surface area contributed by atoms with E-state index in [0.29, 0.717) is 44.0 Å². The number of anilines is 3. The molecule has 1 aromatic carbocycles. The molecule has 0 bridgehead atoms. The topological polar surface area (TPSA) is 161 Å². The Balaban J connectivity index is 1.64. The summed E-state index contributed by atoms with van der Waals surface area (Å²) in [4.78, 5) is 18.1. The highest BCUT2D eigenvalue weighted by Crippen LogP contribution is 2.24. The molecule has 3 heterocycles. The summed E-state index contributed by atoms with van der Waals surface area (Å²) in [5.74, 6) is 1.17. The first-order valence-electron chi connectivity index (χ1n) is 11.1. The summed E-state index contributed by atoms with van der Waals surface area (Å²) in [5, 5.41) is 3.32. The number of nitrogens with two attached hydrogens (primary N) is 4. The minimum atomic E-state index is -0.277. The third kappa shape index (κ3) is 5.41. The summed E-state index contributed by atoms with van der Waals surface area (Å²) in [6.07, 6.45) is 1.52. The van der Waals surface area contributed by atoms with Crippen LogP contribution in [0, 0.1) is 5.82 Å². The van der Waals surface area contributed by atoms with Crippen LogP contribution in [0.25, 0.3) is 0 Å². The predicted molar refractivity (Wildman–Crippen MR) is 124 cm³/mol. The Morgan fingerprint density at radius 3 is 1.69 bits per heavy atom. The summed E-state index contributed by atoms with van der Waals surface area (Å²) >= 11 is 0. The van der Waals surface area contributed by atoms with Crippen molar-refractivity contribution in [2.75, 3.05) is 41.3 Å². The molecule has 0 aliphatic carbocycles. The lowest BCUT2D eigenvalue weighted by atomic mass is 10.0. The average Bonchev–Trinajstić information content (AvgIpc) is 2.72. The lowest BCUT2D eigenvalue weighted by molar-refractivity contribution is 0.441. The molecule has 1 aromatic heterocycles. The van der Waals surface area contributed by atoms with Crippen LogP contribution < -0.4 is 38.1 Å². The van der Waals surface area contributed by atoms with Gasteiger partial charge in [-0.3, -0.25) is 0 Å². The van der Waals surface area contributed by atoms with Crippen LogP contribution in [0.2, 0.25) is 0 Å². The lowest BCUT2D eigenvalue weighted by Crippen LogP contribution is -2.54. The fourth-order valence-electron chi connectivity index (χ4n) is 4.41. The Bertz CT molecular complexity index is 846. The molecule has 5 unspecified atom stereocenters. The zero-order valence-corrected chi connectivity index (χ0v) is 18.4. The van der Waals surface area contributed by atoms with Crippen molar-refractivity contribution in [3.8, 4) is 0 Å². The van der Waals surface area contributed by atoms with E-state index in [0.717, 1.165) is 18.4 Å². The van der Waals surface area contributed by atoms with E-state index in [1.807, 2.05) is 16.7 Å². The van der Waals surface area contributed by atoms with E-state index in [4.69, 9.17) is 27.9 Å². The molecule has 32 heavy (non-hydrogen) atoms. The second kappa shape index (κ2) is 9.49. The predicted octanol–water partition coefficient (Wildman–Crippen LogP) is -0.0868. The van der Waals surface area contributed by atoms with Gasteiger partial charge in [-0.15, -0.1) is 0 Å². The summed E-state index contributed by atoms with van der Waals surface area (Å²) < 4.78 is 13.3. The monoisotopic (exact) mass is 444 g/mol. The van der Waals surface area contributed by atoms with Gasteiger partial charge in [-0.2, -0.15) is 15.0 Å². The third-order valence-electron chi connectivity index (χ3n) is 5.92. The Kier molecular flexibility index (Phi) is 6.70. The van der Waals surface area contributed by atoms with Crippen LogP contribution in [0.15, 0.2) is 24.3 Å². The standard InChI is InChI=1S/C21H33FN10/c1-12(13-2-4-14(22)5-3-13)27-19-28-20(31-8-15(23)6-16(24)9-31)30-21(29-19)32-10-17(25)7-18(26)11-32/h2-5,12,15-18H,6-11,23-26H2,1H3,(H,27,28,29,30). The molecule has 4 rings (SSSR count). The first-order valence-corrected chi connectivity index (χ1v) is 11.1. The van der Waals surface area contributed by atoms with Gasteiger partial charge in [-0.1, -0.05) is 12.1 Å². The fourth-order valence-corrected chi connectivity index (χ4v) is 4.41. The van der Waals surface area contributed by atoms with Crippen molar-refractivity contribution in [3.05, 3.63) is 35.6 Å². The van der Waals surface area contributed by atoms with E-state index in [2.05, 4.69) is 15.3 Å². The fraction of sp³-hybridized carbons (Fsp3) is 0.571. The first-order chi connectivity index (χ1) is 15.3. The Labute approximate surface area is 187 Å². The molecular formula is C21H33FN10. The number of hydrogen-bond donors (Lipinski definition) is 5. The van der Waals surface area contributed by atoms with E-state index in [-0.39, 0.29) is 36.0 Å². The Morgan fingerprint density at radius 1 is 0.812 bits per heavy atom. The molecule has 2 fully saturated rings. The molecule has 2 aromatic rings. The Morgan fingerprint density at radius 2 is 1.25 bits per heavy atom. The van der Waals surface area contributed by atoms with Crippen molar-refractivity contribution in [1.29, 1.82) is 0 Å². The molecule has 0 amide bonds. The second-order valence-corrected chi connectivity index (χ2v) is 9.00.